The largest absolute Gasteiger partial charge is 0.464 e. The fraction of sp³-hybridized carbons (Fsp3) is 0.500. The minimum Gasteiger partial charge on any atom is -0.464 e. The maximum absolute atomic E-state index is 11.2. The van der Waals surface area contributed by atoms with Gasteiger partial charge in [-0.3, -0.25) is 4.98 Å². The van der Waals surface area contributed by atoms with E-state index in [4.69, 9.17) is 4.74 Å². The third-order valence-corrected chi connectivity index (χ3v) is 2.26. The first-order chi connectivity index (χ1) is 7.67. The molecule has 0 saturated carbocycles. The third-order valence-electron chi connectivity index (χ3n) is 2.26. The standard InChI is InChI=1S/C12H17NO3/c1-3-9-5-6-10(13-8-9)7-11(14)12(15)16-4-2/h5-6,8,11,14H,3-4,7H2,1-2H3. The van der Waals surface area contributed by atoms with Crippen LogP contribution in [-0.4, -0.2) is 28.8 Å². The van der Waals surface area contributed by atoms with Crippen molar-refractivity contribution in [2.75, 3.05) is 6.61 Å². The lowest BCUT2D eigenvalue weighted by Gasteiger charge is -2.09. The van der Waals surface area contributed by atoms with Gasteiger partial charge in [0, 0.05) is 18.3 Å². The molecule has 0 amide bonds. The molecule has 0 aliphatic heterocycles. The van der Waals surface area contributed by atoms with Crippen molar-refractivity contribution in [3.05, 3.63) is 29.6 Å². The van der Waals surface area contributed by atoms with Crippen molar-refractivity contribution in [2.45, 2.75) is 32.8 Å². The van der Waals surface area contributed by atoms with Crippen LogP contribution in [-0.2, 0) is 22.4 Å². The van der Waals surface area contributed by atoms with E-state index in [9.17, 15) is 9.90 Å². The van der Waals surface area contributed by atoms with Crippen molar-refractivity contribution in [1.82, 2.24) is 4.98 Å². The molecule has 1 aromatic rings. The molecule has 0 radical (unpaired) electrons. The molecule has 0 aliphatic rings. The number of aryl methyl sites for hydroxylation is 1. The lowest BCUT2D eigenvalue weighted by atomic mass is 10.1. The highest BCUT2D eigenvalue weighted by Crippen LogP contribution is 2.04. The fourth-order valence-electron chi connectivity index (χ4n) is 1.30. The number of esters is 1. The van der Waals surface area contributed by atoms with E-state index >= 15 is 0 Å². The number of hydrogen-bond acceptors (Lipinski definition) is 4. The number of aliphatic hydroxyl groups is 1. The van der Waals surface area contributed by atoms with Gasteiger partial charge >= 0.3 is 5.97 Å². The summed E-state index contributed by atoms with van der Waals surface area (Å²) in [5, 5.41) is 9.51. The summed E-state index contributed by atoms with van der Waals surface area (Å²) in [5.41, 5.74) is 1.83. The van der Waals surface area contributed by atoms with E-state index in [1.807, 2.05) is 19.1 Å². The molecule has 1 rings (SSSR count). The molecule has 16 heavy (non-hydrogen) atoms. The SMILES string of the molecule is CCOC(=O)C(O)Cc1ccc(CC)cn1. The van der Waals surface area contributed by atoms with E-state index in [0.717, 1.165) is 12.0 Å². The predicted octanol–water partition coefficient (Wildman–Crippen LogP) is 1.11. The molecule has 4 nitrogen and oxygen atoms in total. The Bertz CT molecular complexity index is 335. The van der Waals surface area contributed by atoms with Crippen molar-refractivity contribution >= 4 is 5.97 Å². The Morgan fingerprint density at radius 1 is 1.50 bits per heavy atom. The maximum atomic E-state index is 11.2. The Kier molecular flexibility index (Phi) is 4.92. The Balaban J connectivity index is 2.55. The van der Waals surface area contributed by atoms with Crippen LogP contribution in [0.5, 0.6) is 0 Å². The number of pyridine rings is 1. The van der Waals surface area contributed by atoms with Gasteiger partial charge in [-0.1, -0.05) is 13.0 Å². The Morgan fingerprint density at radius 2 is 2.25 bits per heavy atom. The summed E-state index contributed by atoms with van der Waals surface area (Å²) in [4.78, 5) is 15.3. The van der Waals surface area contributed by atoms with Crippen molar-refractivity contribution in [3.63, 3.8) is 0 Å². The van der Waals surface area contributed by atoms with Crippen LogP contribution in [0.15, 0.2) is 18.3 Å². The second-order valence-corrected chi connectivity index (χ2v) is 3.48. The first kappa shape index (κ1) is 12.6. The molecule has 1 unspecified atom stereocenters. The third kappa shape index (κ3) is 3.62. The Morgan fingerprint density at radius 3 is 2.75 bits per heavy atom. The molecular formula is C12H17NO3. The molecule has 4 heteroatoms. The van der Waals surface area contributed by atoms with Gasteiger partial charge in [0.05, 0.1) is 6.61 Å². The summed E-state index contributed by atoms with van der Waals surface area (Å²) in [5.74, 6) is -0.594. The summed E-state index contributed by atoms with van der Waals surface area (Å²) in [6, 6.07) is 3.77. The lowest BCUT2D eigenvalue weighted by Crippen LogP contribution is -2.25. The predicted molar refractivity (Wildman–Crippen MR) is 60.0 cm³/mol. The molecule has 1 heterocycles. The van der Waals surface area contributed by atoms with Gasteiger partial charge in [-0.25, -0.2) is 4.79 Å². The van der Waals surface area contributed by atoms with E-state index in [1.165, 1.54) is 0 Å². The van der Waals surface area contributed by atoms with Crippen LogP contribution in [0.25, 0.3) is 0 Å². The summed E-state index contributed by atoms with van der Waals surface area (Å²) in [6.07, 6.45) is 1.75. The van der Waals surface area contributed by atoms with Crippen LogP contribution < -0.4 is 0 Å². The van der Waals surface area contributed by atoms with E-state index in [0.29, 0.717) is 5.69 Å². The molecular weight excluding hydrogens is 206 g/mol. The quantitative estimate of drug-likeness (QED) is 0.760. The molecule has 0 aromatic carbocycles. The van der Waals surface area contributed by atoms with Gasteiger partial charge < -0.3 is 9.84 Å². The normalized spacial score (nSPS) is 12.2. The number of nitrogens with zero attached hydrogens (tertiary/aromatic N) is 1. The summed E-state index contributed by atoms with van der Waals surface area (Å²) in [7, 11) is 0. The molecule has 1 atom stereocenters. The fourth-order valence-corrected chi connectivity index (χ4v) is 1.30. The molecule has 0 aliphatic carbocycles. The smallest absolute Gasteiger partial charge is 0.335 e. The summed E-state index contributed by atoms with van der Waals surface area (Å²) < 4.78 is 4.70. The van der Waals surface area contributed by atoms with E-state index in [2.05, 4.69) is 4.98 Å². The van der Waals surface area contributed by atoms with Crippen LogP contribution in [0.3, 0.4) is 0 Å². The van der Waals surface area contributed by atoms with Crippen LogP contribution in [0.2, 0.25) is 0 Å². The topological polar surface area (TPSA) is 59.4 Å². The van der Waals surface area contributed by atoms with E-state index in [1.54, 1.807) is 13.1 Å². The summed E-state index contributed by atoms with van der Waals surface area (Å²) in [6.45, 7) is 4.03. The maximum Gasteiger partial charge on any atom is 0.335 e. The molecule has 0 saturated heterocycles. The summed E-state index contributed by atoms with van der Waals surface area (Å²) >= 11 is 0. The second kappa shape index (κ2) is 6.23. The van der Waals surface area contributed by atoms with Gasteiger partial charge in [0.25, 0.3) is 0 Å². The highest BCUT2D eigenvalue weighted by Gasteiger charge is 2.16. The number of carbonyl (C=O) groups is 1. The zero-order chi connectivity index (χ0) is 12.0. The molecule has 88 valence electrons. The number of ether oxygens (including phenoxy) is 1. The minimum absolute atomic E-state index is 0.197. The first-order valence-electron chi connectivity index (χ1n) is 5.45. The Labute approximate surface area is 95.3 Å². The molecule has 0 fully saturated rings. The van der Waals surface area contributed by atoms with Gasteiger partial charge in [0.1, 0.15) is 0 Å². The van der Waals surface area contributed by atoms with Crippen molar-refractivity contribution < 1.29 is 14.6 Å². The first-order valence-corrected chi connectivity index (χ1v) is 5.45. The van der Waals surface area contributed by atoms with Gasteiger partial charge in [0.2, 0.25) is 0 Å². The van der Waals surface area contributed by atoms with Crippen LogP contribution in [0, 0.1) is 0 Å². The zero-order valence-corrected chi connectivity index (χ0v) is 9.64. The number of rotatable bonds is 5. The van der Waals surface area contributed by atoms with Gasteiger partial charge in [-0.2, -0.15) is 0 Å². The lowest BCUT2D eigenvalue weighted by molar-refractivity contribution is -0.152. The number of aliphatic hydroxyl groups excluding tert-OH is 1. The van der Waals surface area contributed by atoms with Crippen LogP contribution in [0.4, 0.5) is 0 Å². The number of aromatic nitrogens is 1. The van der Waals surface area contributed by atoms with Gasteiger partial charge in [0.15, 0.2) is 6.10 Å². The number of hydrogen-bond donors (Lipinski definition) is 1. The van der Waals surface area contributed by atoms with Crippen LogP contribution >= 0.6 is 0 Å². The van der Waals surface area contributed by atoms with Crippen molar-refractivity contribution in [3.8, 4) is 0 Å². The van der Waals surface area contributed by atoms with Gasteiger partial charge in [-0.15, -0.1) is 0 Å². The van der Waals surface area contributed by atoms with Crippen molar-refractivity contribution in [2.24, 2.45) is 0 Å². The minimum atomic E-state index is -1.13. The van der Waals surface area contributed by atoms with E-state index < -0.39 is 12.1 Å². The van der Waals surface area contributed by atoms with Crippen molar-refractivity contribution in [1.29, 1.82) is 0 Å². The number of carbonyl (C=O) groups excluding carboxylic acids is 1. The highest BCUT2D eigenvalue weighted by atomic mass is 16.5. The Hall–Kier alpha value is -1.42. The monoisotopic (exact) mass is 223 g/mol. The van der Waals surface area contributed by atoms with Crippen LogP contribution in [0.1, 0.15) is 25.1 Å². The molecule has 1 N–H and O–H groups in total. The van der Waals surface area contributed by atoms with Gasteiger partial charge in [-0.05, 0) is 25.0 Å². The average Bonchev–Trinajstić information content (AvgIpc) is 2.30. The zero-order valence-electron chi connectivity index (χ0n) is 9.64. The molecule has 0 bridgehead atoms. The second-order valence-electron chi connectivity index (χ2n) is 3.48. The molecule has 0 spiro atoms. The highest BCUT2D eigenvalue weighted by molar-refractivity contribution is 5.74. The van der Waals surface area contributed by atoms with E-state index in [-0.39, 0.29) is 13.0 Å². The average molecular weight is 223 g/mol. The molecule has 1 aromatic heterocycles.